The average Bonchev–Trinajstić information content (AvgIpc) is 2.68. The maximum absolute atomic E-state index is 6.19. The second kappa shape index (κ2) is 7.82. The zero-order chi connectivity index (χ0) is 18.7. The summed E-state index contributed by atoms with van der Waals surface area (Å²) in [6.45, 7) is 0. The van der Waals surface area contributed by atoms with Gasteiger partial charge in [0.2, 0.25) is 0 Å². The van der Waals surface area contributed by atoms with Crippen LogP contribution in [0, 0.1) is 0 Å². The van der Waals surface area contributed by atoms with Crippen LogP contribution in [-0.4, -0.2) is 9.95 Å². The van der Waals surface area contributed by atoms with E-state index in [-0.39, 0.29) is 0 Å². The minimum absolute atomic E-state index is 0.444. The molecule has 0 nitrogen and oxygen atoms in total. The summed E-state index contributed by atoms with van der Waals surface area (Å²) in [5.74, 6) is 0. The van der Waals surface area contributed by atoms with Gasteiger partial charge in [-0.3, -0.25) is 0 Å². The van der Waals surface area contributed by atoms with Gasteiger partial charge in [0.15, 0.2) is 0 Å². The number of benzene rings is 3. The molecule has 0 saturated heterocycles. The Kier molecular flexibility index (Phi) is 6.07. The van der Waals surface area contributed by atoms with Crippen LogP contribution in [0.3, 0.4) is 0 Å². The molecule has 0 saturated carbocycles. The predicted octanol–water partition coefficient (Wildman–Crippen LogP) is 6.59. The Bertz CT molecular complexity index is 749. The molecule has 136 valence electrons. The standard InChI is InChI=1S/C21H19BrCl3P/c22-26(17-16-21(23,24)25,18-10-4-1-5-11-18,19-12-6-2-7-13-19)20-14-8-3-9-15-20/h1-15H,16-17H2. The molecule has 0 heterocycles. The molecule has 0 spiro atoms. The molecule has 5 heteroatoms. The molecule has 0 unspecified atom stereocenters. The number of halogens is 4. The normalized spacial score (nSPS) is 13.8. The van der Waals surface area contributed by atoms with Gasteiger partial charge in [0.25, 0.3) is 0 Å². The molecular weight excluding hydrogens is 469 g/mol. The van der Waals surface area contributed by atoms with Crippen molar-refractivity contribution in [2.75, 3.05) is 6.16 Å². The molecule has 0 aliphatic heterocycles. The number of rotatable bonds is 5. The van der Waals surface area contributed by atoms with Gasteiger partial charge in [0.05, 0.1) is 0 Å². The van der Waals surface area contributed by atoms with Crippen molar-refractivity contribution in [2.24, 2.45) is 0 Å². The first-order valence-corrected chi connectivity index (χ1v) is 13.9. The van der Waals surface area contributed by atoms with Crippen molar-refractivity contribution in [3.05, 3.63) is 91.0 Å². The first-order valence-electron chi connectivity index (χ1n) is 8.31. The Labute approximate surface area is 178 Å². The predicted molar refractivity (Wildman–Crippen MR) is 124 cm³/mol. The van der Waals surface area contributed by atoms with Crippen LogP contribution in [0.1, 0.15) is 6.42 Å². The van der Waals surface area contributed by atoms with E-state index in [9.17, 15) is 0 Å². The van der Waals surface area contributed by atoms with Crippen LogP contribution in [-0.2, 0) is 0 Å². The summed E-state index contributed by atoms with van der Waals surface area (Å²) in [5.41, 5.74) is 0. The fraction of sp³-hybridized carbons (Fsp3) is 0.143. The summed E-state index contributed by atoms with van der Waals surface area (Å²) in [4.78, 5) is 0. The quantitative estimate of drug-likeness (QED) is 0.281. The molecule has 0 N–H and O–H groups in total. The average molecular weight is 489 g/mol. The van der Waals surface area contributed by atoms with Crippen LogP contribution in [0.4, 0.5) is 0 Å². The third-order valence-electron chi connectivity index (χ3n) is 4.70. The Morgan fingerprint density at radius 3 is 1.19 bits per heavy atom. The van der Waals surface area contributed by atoms with Gasteiger partial charge in [-0.2, -0.15) is 0 Å². The Hall–Kier alpha value is -0.560. The fourth-order valence-corrected chi connectivity index (χ4v) is 11.5. The van der Waals surface area contributed by atoms with Crippen LogP contribution >= 0.6 is 55.6 Å². The van der Waals surface area contributed by atoms with Crippen molar-refractivity contribution < 1.29 is 0 Å². The van der Waals surface area contributed by atoms with E-state index in [1.54, 1.807) is 0 Å². The van der Waals surface area contributed by atoms with Gasteiger partial charge in [-0.25, -0.2) is 0 Å². The molecule has 3 aromatic carbocycles. The van der Waals surface area contributed by atoms with Crippen molar-refractivity contribution >= 4 is 71.5 Å². The van der Waals surface area contributed by atoms with Crippen LogP contribution in [0.25, 0.3) is 0 Å². The van der Waals surface area contributed by atoms with E-state index in [0.717, 1.165) is 0 Å². The third kappa shape index (κ3) is 3.84. The van der Waals surface area contributed by atoms with E-state index in [1.165, 1.54) is 15.9 Å². The van der Waals surface area contributed by atoms with Crippen LogP contribution in [0.2, 0.25) is 0 Å². The van der Waals surface area contributed by atoms with E-state index < -0.39 is 9.10 Å². The molecule has 0 aliphatic carbocycles. The van der Waals surface area contributed by atoms with E-state index in [2.05, 4.69) is 88.3 Å². The van der Waals surface area contributed by atoms with E-state index >= 15 is 0 Å². The number of hydrogen-bond acceptors (Lipinski definition) is 0. The van der Waals surface area contributed by atoms with Crippen molar-refractivity contribution in [2.45, 2.75) is 10.2 Å². The maximum atomic E-state index is 6.19. The topological polar surface area (TPSA) is 0 Å². The van der Waals surface area contributed by atoms with Crippen molar-refractivity contribution in [3.63, 3.8) is 0 Å². The number of alkyl halides is 3. The third-order valence-corrected chi connectivity index (χ3v) is 15.2. The zero-order valence-corrected chi connectivity index (χ0v) is 18.8. The summed E-state index contributed by atoms with van der Waals surface area (Å²) in [6, 6.07) is 31.5. The first kappa shape index (κ1) is 20.2. The number of hydrogen-bond donors (Lipinski definition) is 0. The molecule has 0 aromatic heterocycles. The minimum atomic E-state index is -2.99. The molecular formula is C21H19BrCl3P. The van der Waals surface area contributed by atoms with E-state index in [1.807, 2.05) is 18.2 Å². The van der Waals surface area contributed by atoms with Gasteiger partial charge in [-0.1, -0.05) is 0 Å². The summed E-state index contributed by atoms with van der Waals surface area (Å²) in [5, 5.41) is 0.695. The molecule has 0 aliphatic rings. The van der Waals surface area contributed by atoms with Crippen molar-refractivity contribution in [1.82, 2.24) is 0 Å². The first-order chi connectivity index (χ1) is 12.3. The molecule has 0 radical (unpaired) electrons. The zero-order valence-electron chi connectivity index (χ0n) is 14.0. The Morgan fingerprint density at radius 2 is 0.923 bits per heavy atom. The van der Waals surface area contributed by atoms with Gasteiger partial charge in [0.1, 0.15) is 0 Å². The second-order valence-corrected chi connectivity index (χ2v) is 17.9. The Balaban J connectivity index is 2.35. The summed E-state index contributed by atoms with van der Waals surface area (Å²) in [6.07, 6.45) is 1.15. The molecule has 0 atom stereocenters. The molecule has 26 heavy (non-hydrogen) atoms. The van der Waals surface area contributed by atoms with Gasteiger partial charge in [0, 0.05) is 0 Å². The molecule has 0 amide bonds. The molecule has 0 bridgehead atoms. The van der Waals surface area contributed by atoms with Crippen LogP contribution < -0.4 is 15.9 Å². The van der Waals surface area contributed by atoms with Crippen molar-refractivity contribution in [1.29, 1.82) is 0 Å². The molecule has 3 aromatic rings. The monoisotopic (exact) mass is 486 g/mol. The summed E-state index contributed by atoms with van der Waals surface area (Å²) in [7, 11) is 0. The van der Waals surface area contributed by atoms with Crippen LogP contribution in [0.15, 0.2) is 91.0 Å². The van der Waals surface area contributed by atoms with Gasteiger partial charge < -0.3 is 0 Å². The fourth-order valence-electron chi connectivity index (χ4n) is 3.39. The van der Waals surface area contributed by atoms with Gasteiger partial charge >= 0.3 is 179 Å². The molecule has 3 rings (SSSR count). The second-order valence-electron chi connectivity index (χ2n) is 6.28. The van der Waals surface area contributed by atoms with Gasteiger partial charge in [-0.05, 0) is 0 Å². The van der Waals surface area contributed by atoms with E-state index in [0.29, 0.717) is 12.6 Å². The summed E-state index contributed by atoms with van der Waals surface area (Å²) >= 11 is 22.9. The van der Waals surface area contributed by atoms with Gasteiger partial charge in [-0.15, -0.1) is 0 Å². The van der Waals surface area contributed by atoms with Crippen molar-refractivity contribution in [3.8, 4) is 0 Å². The Morgan fingerprint density at radius 1 is 0.615 bits per heavy atom. The SMILES string of the molecule is ClC(Cl)(Cl)CCP(Br)(c1ccccc1)(c1ccccc1)c1ccccc1. The summed E-state index contributed by atoms with van der Waals surface area (Å²) < 4.78 is -1.31. The van der Waals surface area contributed by atoms with Crippen LogP contribution in [0.5, 0.6) is 0 Å². The molecule has 0 fully saturated rings. The van der Waals surface area contributed by atoms with E-state index in [4.69, 9.17) is 34.8 Å².